The molecule has 3 aromatic rings. The second-order valence-corrected chi connectivity index (χ2v) is 5.69. The largest absolute Gasteiger partial charge is 0.457 e. The number of ether oxygens (including phenoxy) is 1. The summed E-state index contributed by atoms with van der Waals surface area (Å²) in [6.07, 6.45) is 0. The first-order valence-electron chi connectivity index (χ1n) is 6.85. The van der Waals surface area contributed by atoms with E-state index < -0.39 is 0 Å². The molecule has 0 bridgehead atoms. The fraction of sp³-hybridized carbons (Fsp3) is 0. The van der Waals surface area contributed by atoms with Crippen molar-refractivity contribution in [1.82, 2.24) is 0 Å². The fourth-order valence-corrected chi connectivity index (χ4v) is 2.33. The Morgan fingerprint density at radius 2 is 1.18 bits per heavy atom. The Morgan fingerprint density at radius 3 is 1.77 bits per heavy atom. The minimum absolute atomic E-state index is 0.00999. The van der Waals surface area contributed by atoms with E-state index >= 15 is 0 Å². The minimum atomic E-state index is 0.00999. The average Bonchev–Trinajstić information content (AvgIpc) is 2.58. The molecular formula is C19H13BrO2. The van der Waals surface area contributed by atoms with Gasteiger partial charge in [-0.1, -0.05) is 46.3 Å². The van der Waals surface area contributed by atoms with Crippen LogP contribution >= 0.6 is 15.9 Å². The second kappa shape index (κ2) is 6.58. The van der Waals surface area contributed by atoms with Gasteiger partial charge in [0.25, 0.3) is 0 Å². The lowest BCUT2D eigenvalue weighted by molar-refractivity contribution is 0.103. The molecule has 3 aromatic carbocycles. The standard InChI is InChI=1S/C19H13BrO2/c20-16-8-12-18(13-9-16)22-17-10-6-15(7-11-17)19(21)14-4-2-1-3-5-14/h1-13H. The van der Waals surface area contributed by atoms with Crippen molar-refractivity contribution in [2.45, 2.75) is 0 Å². The zero-order valence-corrected chi connectivity index (χ0v) is 13.3. The Labute approximate surface area is 137 Å². The number of carbonyl (C=O) groups excluding carboxylic acids is 1. The quantitative estimate of drug-likeness (QED) is 0.581. The molecule has 0 fully saturated rings. The number of rotatable bonds is 4. The van der Waals surface area contributed by atoms with E-state index in [0.29, 0.717) is 16.9 Å². The van der Waals surface area contributed by atoms with Crippen LogP contribution in [0.2, 0.25) is 0 Å². The summed E-state index contributed by atoms with van der Waals surface area (Å²) >= 11 is 3.39. The molecule has 0 amide bonds. The van der Waals surface area contributed by atoms with Crippen molar-refractivity contribution in [1.29, 1.82) is 0 Å². The van der Waals surface area contributed by atoms with Crippen LogP contribution in [0.25, 0.3) is 0 Å². The summed E-state index contributed by atoms with van der Waals surface area (Å²) in [4.78, 5) is 12.3. The Balaban J connectivity index is 1.75. The first kappa shape index (κ1) is 14.5. The molecule has 0 saturated heterocycles. The molecule has 0 radical (unpaired) electrons. The topological polar surface area (TPSA) is 26.3 Å². The molecule has 0 aliphatic carbocycles. The third-order valence-corrected chi connectivity index (χ3v) is 3.73. The van der Waals surface area contributed by atoms with Gasteiger partial charge >= 0.3 is 0 Å². The third kappa shape index (κ3) is 3.43. The molecule has 0 spiro atoms. The first-order valence-corrected chi connectivity index (χ1v) is 7.65. The van der Waals surface area contributed by atoms with E-state index in [2.05, 4.69) is 15.9 Å². The van der Waals surface area contributed by atoms with Gasteiger partial charge in [0.05, 0.1) is 0 Å². The molecule has 0 saturated carbocycles. The monoisotopic (exact) mass is 352 g/mol. The molecule has 0 aliphatic heterocycles. The van der Waals surface area contributed by atoms with E-state index in [9.17, 15) is 4.79 Å². The van der Waals surface area contributed by atoms with Crippen LogP contribution in [-0.2, 0) is 0 Å². The van der Waals surface area contributed by atoms with Gasteiger partial charge in [0.2, 0.25) is 0 Å². The summed E-state index contributed by atoms with van der Waals surface area (Å²) in [6, 6.07) is 24.0. The Morgan fingerprint density at radius 1 is 0.682 bits per heavy atom. The van der Waals surface area contributed by atoms with Crippen LogP contribution in [0.15, 0.2) is 83.3 Å². The van der Waals surface area contributed by atoms with E-state index in [4.69, 9.17) is 4.74 Å². The van der Waals surface area contributed by atoms with Crippen molar-refractivity contribution in [3.05, 3.63) is 94.5 Å². The minimum Gasteiger partial charge on any atom is -0.457 e. The summed E-state index contributed by atoms with van der Waals surface area (Å²) in [5, 5.41) is 0. The van der Waals surface area contributed by atoms with Crippen molar-refractivity contribution in [3.63, 3.8) is 0 Å². The molecular weight excluding hydrogens is 340 g/mol. The zero-order chi connectivity index (χ0) is 15.4. The highest BCUT2D eigenvalue weighted by Crippen LogP contribution is 2.24. The van der Waals surface area contributed by atoms with E-state index in [1.807, 2.05) is 54.6 Å². The molecule has 0 aliphatic rings. The fourth-order valence-electron chi connectivity index (χ4n) is 2.07. The zero-order valence-electron chi connectivity index (χ0n) is 11.7. The number of benzene rings is 3. The molecule has 2 nitrogen and oxygen atoms in total. The molecule has 0 aromatic heterocycles. The van der Waals surface area contributed by atoms with Gasteiger partial charge in [0, 0.05) is 15.6 Å². The first-order chi connectivity index (χ1) is 10.7. The molecule has 22 heavy (non-hydrogen) atoms. The van der Waals surface area contributed by atoms with Gasteiger partial charge in [-0.3, -0.25) is 4.79 Å². The highest BCUT2D eigenvalue weighted by Gasteiger charge is 2.08. The van der Waals surface area contributed by atoms with E-state index in [1.54, 1.807) is 24.3 Å². The second-order valence-electron chi connectivity index (χ2n) is 4.78. The number of carbonyl (C=O) groups is 1. The van der Waals surface area contributed by atoms with Crippen molar-refractivity contribution >= 4 is 21.7 Å². The molecule has 0 unspecified atom stereocenters. The number of hydrogen-bond donors (Lipinski definition) is 0. The van der Waals surface area contributed by atoms with E-state index in [0.717, 1.165) is 10.2 Å². The Bertz CT molecular complexity index is 763. The summed E-state index contributed by atoms with van der Waals surface area (Å²) in [5.41, 5.74) is 1.33. The van der Waals surface area contributed by atoms with Crippen LogP contribution < -0.4 is 4.74 Å². The maximum absolute atomic E-state index is 12.3. The predicted octanol–water partition coefficient (Wildman–Crippen LogP) is 5.47. The van der Waals surface area contributed by atoms with Crippen molar-refractivity contribution in [3.8, 4) is 11.5 Å². The van der Waals surface area contributed by atoms with Crippen LogP contribution in [0, 0.1) is 0 Å². The summed E-state index contributed by atoms with van der Waals surface area (Å²) in [6.45, 7) is 0. The van der Waals surface area contributed by atoms with Gasteiger partial charge in [-0.2, -0.15) is 0 Å². The van der Waals surface area contributed by atoms with Crippen molar-refractivity contribution in [2.75, 3.05) is 0 Å². The van der Waals surface area contributed by atoms with E-state index in [-0.39, 0.29) is 5.78 Å². The van der Waals surface area contributed by atoms with Crippen LogP contribution in [0.3, 0.4) is 0 Å². The van der Waals surface area contributed by atoms with Crippen molar-refractivity contribution < 1.29 is 9.53 Å². The van der Waals surface area contributed by atoms with Gasteiger partial charge in [0.15, 0.2) is 5.78 Å². The van der Waals surface area contributed by atoms with Gasteiger partial charge in [-0.05, 0) is 48.5 Å². The molecule has 3 rings (SSSR count). The third-order valence-electron chi connectivity index (χ3n) is 3.20. The molecule has 0 atom stereocenters. The lowest BCUT2D eigenvalue weighted by Crippen LogP contribution is -2.00. The highest BCUT2D eigenvalue weighted by molar-refractivity contribution is 9.10. The molecule has 3 heteroatoms. The van der Waals surface area contributed by atoms with Crippen LogP contribution in [0.4, 0.5) is 0 Å². The number of hydrogen-bond acceptors (Lipinski definition) is 2. The predicted molar refractivity (Wildman–Crippen MR) is 90.5 cm³/mol. The molecule has 0 N–H and O–H groups in total. The van der Waals surface area contributed by atoms with Crippen molar-refractivity contribution in [2.24, 2.45) is 0 Å². The van der Waals surface area contributed by atoms with E-state index in [1.165, 1.54) is 0 Å². The number of ketones is 1. The summed E-state index contributed by atoms with van der Waals surface area (Å²) in [7, 11) is 0. The molecule has 0 heterocycles. The van der Waals surface area contributed by atoms with Gasteiger partial charge in [-0.15, -0.1) is 0 Å². The lowest BCUT2D eigenvalue weighted by atomic mass is 10.0. The average molecular weight is 353 g/mol. The summed E-state index contributed by atoms with van der Waals surface area (Å²) < 4.78 is 6.75. The Hall–Kier alpha value is -2.39. The summed E-state index contributed by atoms with van der Waals surface area (Å²) in [5.74, 6) is 1.47. The highest BCUT2D eigenvalue weighted by atomic mass is 79.9. The maximum Gasteiger partial charge on any atom is 0.193 e. The maximum atomic E-state index is 12.3. The van der Waals surface area contributed by atoms with Gasteiger partial charge in [0.1, 0.15) is 11.5 Å². The number of halogens is 1. The van der Waals surface area contributed by atoms with Crippen LogP contribution in [-0.4, -0.2) is 5.78 Å². The van der Waals surface area contributed by atoms with Gasteiger partial charge in [-0.25, -0.2) is 0 Å². The smallest absolute Gasteiger partial charge is 0.193 e. The normalized spacial score (nSPS) is 10.2. The van der Waals surface area contributed by atoms with Crippen LogP contribution in [0.5, 0.6) is 11.5 Å². The van der Waals surface area contributed by atoms with Gasteiger partial charge < -0.3 is 4.74 Å². The SMILES string of the molecule is O=C(c1ccccc1)c1ccc(Oc2ccc(Br)cc2)cc1. The van der Waals surface area contributed by atoms with Crippen LogP contribution in [0.1, 0.15) is 15.9 Å². The Kier molecular flexibility index (Phi) is 4.35. The lowest BCUT2D eigenvalue weighted by Gasteiger charge is -2.07. The molecule has 108 valence electrons.